The lowest BCUT2D eigenvalue weighted by molar-refractivity contribution is -0.153. The van der Waals surface area contributed by atoms with Gasteiger partial charge >= 0.3 is 6.18 Å². The van der Waals surface area contributed by atoms with Crippen LogP contribution < -0.4 is 14.5 Å². The third-order valence-corrected chi connectivity index (χ3v) is 12.3. The fourth-order valence-corrected chi connectivity index (χ4v) is 9.17. The molecule has 4 saturated heterocycles. The van der Waals surface area contributed by atoms with Crippen LogP contribution in [0.25, 0.3) is 32.9 Å². The Morgan fingerprint density at radius 1 is 1.04 bits per heavy atom. The number of rotatable bonds is 7. The summed E-state index contributed by atoms with van der Waals surface area (Å²) in [5, 5.41) is 8.89. The number of amides is 1. The molecule has 1 N–H and O–H groups in total. The van der Waals surface area contributed by atoms with E-state index in [1.807, 2.05) is 24.0 Å². The number of carbonyl (C=O) groups excluding carboxylic acids is 1. The molecule has 1 aliphatic carbocycles. The summed E-state index contributed by atoms with van der Waals surface area (Å²) in [6.07, 6.45) is 4.48. The van der Waals surface area contributed by atoms with Gasteiger partial charge in [-0.25, -0.2) is 4.98 Å². The highest BCUT2D eigenvalue weighted by molar-refractivity contribution is 6.06. The van der Waals surface area contributed by atoms with Gasteiger partial charge in [0.15, 0.2) is 12.4 Å². The van der Waals surface area contributed by atoms with E-state index in [9.17, 15) is 18.0 Å². The first-order chi connectivity index (χ1) is 24.5. The fraction of sp³-hybridized carbons (Fsp3) is 0.526. The maximum atomic E-state index is 14.1. The second-order valence-corrected chi connectivity index (χ2v) is 15.7. The van der Waals surface area contributed by atoms with Crippen LogP contribution in [0.4, 0.5) is 24.9 Å². The molecule has 2 aromatic heterocycles. The molecule has 5 fully saturated rings. The number of fused-ring (bicyclic) bond motifs is 2. The van der Waals surface area contributed by atoms with Crippen LogP contribution in [0.15, 0.2) is 37.1 Å². The molecule has 0 unspecified atom stereocenters. The minimum atomic E-state index is -4.55. The van der Waals surface area contributed by atoms with E-state index in [0.717, 1.165) is 110 Å². The number of likely N-dealkylation sites (tertiary alicyclic amines) is 2. The summed E-state index contributed by atoms with van der Waals surface area (Å²) in [4.78, 5) is 31.3. The van der Waals surface area contributed by atoms with Crippen LogP contribution in [0.3, 0.4) is 0 Å². The molecule has 0 atom stereocenters. The quantitative estimate of drug-likeness (QED) is 0.228. The van der Waals surface area contributed by atoms with Crippen molar-refractivity contribution in [2.75, 3.05) is 69.3 Å². The Labute approximate surface area is 294 Å². The number of halogens is 3. The Morgan fingerprint density at radius 3 is 2.47 bits per heavy atom. The molecular weight excluding hydrogens is 657 g/mol. The molecule has 0 bridgehead atoms. The Morgan fingerprint density at radius 2 is 1.80 bits per heavy atom. The van der Waals surface area contributed by atoms with E-state index in [-0.39, 0.29) is 28.5 Å². The highest BCUT2D eigenvalue weighted by Crippen LogP contribution is 2.54. The maximum absolute atomic E-state index is 14.1. The van der Waals surface area contributed by atoms with Gasteiger partial charge in [-0.1, -0.05) is 12.6 Å². The van der Waals surface area contributed by atoms with Gasteiger partial charge in [0.1, 0.15) is 11.3 Å². The van der Waals surface area contributed by atoms with Gasteiger partial charge in [0, 0.05) is 61.0 Å². The van der Waals surface area contributed by atoms with Crippen molar-refractivity contribution in [2.45, 2.75) is 63.1 Å². The highest BCUT2D eigenvalue weighted by atomic mass is 19.4. The van der Waals surface area contributed by atoms with E-state index in [1.165, 1.54) is 6.08 Å². The minimum Gasteiger partial charge on any atom is -0.481 e. The summed E-state index contributed by atoms with van der Waals surface area (Å²) in [6, 6.07) is 6.07. The lowest BCUT2D eigenvalue weighted by Crippen LogP contribution is -2.67. The van der Waals surface area contributed by atoms with Gasteiger partial charge < -0.3 is 19.4 Å². The number of aryl methyl sites for hydroxylation is 1. The van der Waals surface area contributed by atoms with Crippen LogP contribution in [0.1, 0.15) is 55.6 Å². The SMILES string of the molecule is C=CC(=O)N1CC2(CCN(c3nc(N4CC5(CCCN5C)C4)nc4c(OCC(F)(F)F)c(-c5c(C)ccc6[nH]ncc56)c(C5CC5)cc34)CC2)C1. The maximum Gasteiger partial charge on any atom is 0.422 e. The van der Waals surface area contributed by atoms with Gasteiger partial charge in [-0.2, -0.15) is 23.3 Å². The molecule has 4 aliphatic heterocycles. The third kappa shape index (κ3) is 5.41. The molecule has 2 aromatic carbocycles. The first-order valence-corrected chi connectivity index (χ1v) is 18.1. The van der Waals surface area contributed by atoms with E-state index < -0.39 is 12.8 Å². The van der Waals surface area contributed by atoms with Crippen LogP contribution in [0.5, 0.6) is 5.75 Å². The largest absolute Gasteiger partial charge is 0.481 e. The van der Waals surface area contributed by atoms with Crippen molar-refractivity contribution in [3.05, 3.63) is 48.2 Å². The number of aromatic amines is 1. The first-order valence-electron chi connectivity index (χ1n) is 18.1. The summed E-state index contributed by atoms with van der Waals surface area (Å²) in [5.41, 5.74) is 4.73. The van der Waals surface area contributed by atoms with E-state index in [2.05, 4.69) is 44.6 Å². The summed E-state index contributed by atoms with van der Waals surface area (Å²) in [6.45, 7) is 9.66. The molecule has 6 heterocycles. The van der Waals surface area contributed by atoms with Gasteiger partial charge in [0.05, 0.1) is 17.3 Å². The number of nitrogens with zero attached hydrogens (tertiary/aromatic N) is 7. The van der Waals surface area contributed by atoms with Crippen molar-refractivity contribution in [1.29, 1.82) is 0 Å². The molecule has 10 nitrogen and oxygen atoms in total. The minimum absolute atomic E-state index is 0.0362. The zero-order chi connectivity index (χ0) is 35.3. The molecule has 9 rings (SSSR count). The van der Waals surface area contributed by atoms with Gasteiger partial charge in [0.2, 0.25) is 11.9 Å². The third-order valence-electron chi connectivity index (χ3n) is 12.3. The number of likely N-dealkylation sites (N-methyl/N-ethyl adjacent to an activating group) is 1. The molecule has 2 spiro atoms. The number of anilines is 2. The van der Waals surface area contributed by atoms with Gasteiger partial charge in [-0.15, -0.1) is 0 Å². The zero-order valence-electron chi connectivity index (χ0n) is 29.2. The van der Waals surface area contributed by atoms with Crippen molar-refractivity contribution in [3.63, 3.8) is 0 Å². The summed E-state index contributed by atoms with van der Waals surface area (Å²) < 4.78 is 48.2. The number of hydrogen-bond acceptors (Lipinski definition) is 8. The van der Waals surface area contributed by atoms with E-state index >= 15 is 0 Å². The molecule has 1 amide bonds. The second kappa shape index (κ2) is 11.6. The molecule has 268 valence electrons. The predicted molar refractivity (Wildman–Crippen MR) is 190 cm³/mol. The molecule has 0 radical (unpaired) electrons. The number of alkyl halides is 3. The molecule has 5 aliphatic rings. The van der Waals surface area contributed by atoms with Crippen LogP contribution in [-0.2, 0) is 4.79 Å². The van der Waals surface area contributed by atoms with Gasteiger partial charge in [-0.3, -0.25) is 14.8 Å². The molecule has 13 heteroatoms. The number of piperidine rings is 1. The fourth-order valence-electron chi connectivity index (χ4n) is 9.17. The van der Waals surface area contributed by atoms with E-state index in [4.69, 9.17) is 14.7 Å². The summed E-state index contributed by atoms with van der Waals surface area (Å²) >= 11 is 0. The van der Waals surface area contributed by atoms with Crippen molar-refractivity contribution in [3.8, 4) is 16.9 Å². The number of nitrogens with one attached hydrogen (secondary N) is 1. The number of H-pyrrole nitrogens is 1. The second-order valence-electron chi connectivity index (χ2n) is 15.7. The molecule has 51 heavy (non-hydrogen) atoms. The summed E-state index contributed by atoms with van der Waals surface area (Å²) in [7, 11) is 2.17. The smallest absolute Gasteiger partial charge is 0.422 e. The van der Waals surface area contributed by atoms with Crippen molar-refractivity contribution in [2.24, 2.45) is 5.41 Å². The number of carbonyl (C=O) groups is 1. The standard InChI is InChI=1S/C38H43F3N8O2/c1-4-29(50)48-18-36(19-48)11-14-47(15-12-36)34-26-16-25(24-7-8-24)31(30-23(2)6-9-28-27(30)17-42-45-28)33(51-22-38(39,40)41)32(26)43-35(44-34)49-20-37(21-49)10-5-13-46(37)3/h4,6,9,16-17,24H,1,5,7-8,10-15,18-22H2,2-3H3,(H,42,45). The average molecular weight is 701 g/mol. The Balaban J connectivity index is 1.21. The number of aromatic nitrogens is 4. The molecule has 1 saturated carbocycles. The molecular formula is C38H43F3N8O2. The Kier molecular flexibility index (Phi) is 7.37. The Bertz CT molecular complexity index is 2050. The van der Waals surface area contributed by atoms with Crippen LogP contribution in [-0.4, -0.2) is 107 Å². The van der Waals surface area contributed by atoms with E-state index in [0.29, 0.717) is 30.1 Å². The van der Waals surface area contributed by atoms with Crippen LogP contribution in [0, 0.1) is 12.3 Å². The van der Waals surface area contributed by atoms with Gasteiger partial charge in [-0.05, 0) is 99.9 Å². The number of hydrogen-bond donors (Lipinski definition) is 1. The lowest BCUT2D eigenvalue weighted by Gasteiger charge is -2.54. The Hall–Kier alpha value is -4.39. The van der Waals surface area contributed by atoms with Crippen LogP contribution in [0.2, 0.25) is 0 Å². The number of ether oxygens (including phenoxy) is 1. The summed E-state index contributed by atoms with van der Waals surface area (Å²) in [5.74, 6) is 1.58. The van der Waals surface area contributed by atoms with Crippen molar-refractivity contribution >= 4 is 39.5 Å². The van der Waals surface area contributed by atoms with E-state index in [1.54, 1.807) is 6.20 Å². The monoisotopic (exact) mass is 700 g/mol. The molecule has 4 aromatic rings. The van der Waals surface area contributed by atoms with Crippen molar-refractivity contribution < 1.29 is 22.7 Å². The van der Waals surface area contributed by atoms with Crippen molar-refractivity contribution in [1.82, 2.24) is 30.0 Å². The first kappa shape index (κ1) is 32.5. The predicted octanol–water partition coefficient (Wildman–Crippen LogP) is 6.20. The zero-order valence-corrected chi connectivity index (χ0v) is 29.2. The lowest BCUT2D eigenvalue weighted by atomic mass is 9.72. The number of benzene rings is 2. The highest BCUT2D eigenvalue weighted by Gasteiger charge is 2.50. The van der Waals surface area contributed by atoms with Gasteiger partial charge in [0.25, 0.3) is 0 Å². The normalized spacial score (nSPS) is 21.5. The topological polar surface area (TPSA) is 93.7 Å². The average Bonchev–Trinajstić information content (AvgIpc) is 3.69. The van der Waals surface area contributed by atoms with Crippen LogP contribution >= 0.6 is 0 Å².